The number of hydrogen-bond donors (Lipinski definition) is 4. The second-order valence-electron chi connectivity index (χ2n) is 7.76. The molecule has 7 nitrogen and oxygen atoms in total. The topological polar surface area (TPSA) is 98.5 Å². The lowest BCUT2D eigenvalue weighted by atomic mass is 9.85. The number of nitrogens with two attached hydrogens (primary N) is 1. The Balaban J connectivity index is 0.000000180. The van der Waals surface area contributed by atoms with Crippen LogP contribution in [0.1, 0.15) is 51.0 Å². The summed E-state index contributed by atoms with van der Waals surface area (Å²) in [6.07, 6.45) is 11.1. The number of allylic oxidation sites excluding steroid dienone is 1. The third-order valence-electron chi connectivity index (χ3n) is 5.53. The first-order chi connectivity index (χ1) is 13.0. The summed E-state index contributed by atoms with van der Waals surface area (Å²) >= 11 is 0. The minimum atomic E-state index is 0.0836. The molecule has 0 aromatic carbocycles. The summed E-state index contributed by atoms with van der Waals surface area (Å²) in [5, 5.41) is 6.09. The van der Waals surface area contributed by atoms with Crippen molar-refractivity contribution in [3.8, 4) is 0 Å². The molecule has 4 rings (SSSR count). The van der Waals surface area contributed by atoms with Crippen LogP contribution in [0.15, 0.2) is 23.0 Å². The molecular formula is C20H32N6O. The van der Waals surface area contributed by atoms with Crippen LogP contribution >= 0.6 is 0 Å². The minimum absolute atomic E-state index is 0.0836. The molecule has 1 amide bonds. The average molecular weight is 373 g/mol. The van der Waals surface area contributed by atoms with Gasteiger partial charge in [0.2, 0.25) is 5.91 Å². The quantitative estimate of drug-likeness (QED) is 0.640. The molecule has 1 aromatic rings. The van der Waals surface area contributed by atoms with Crippen molar-refractivity contribution in [2.75, 3.05) is 20.1 Å². The van der Waals surface area contributed by atoms with Crippen LogP contribution in [0.25, 0.3) is 5.70 Å². The van der Waals surface area contributed by atoms with E-state index in [1.54, 1.807) is 13.3 Å². The lowest BCUT2D eigenvalue weighted by Gasteiger charge is -2.25. The van der Waals surface area contributed by atoms with Crippen molar-refractivity contribution >= 4 is 23.8 Å². The van der Waals surface area contributed by atoms with E-state index in [-0.39, 0.29) is 5.91 Å². The maximum atomic E-state index is 10.6. The molecule has 1 aromatic heterocycles. The number of rotatable bonds is 2. The first kappa shape index (κ1) is 19.5. The van der Waals surface area contributed by atoms with E-state index in [2.05, 4.69) is 32.6 Å². The molecule has 1 atom stereocenters. The number of likely N-dealkylation sites (tertiary alicyclic amines) is 1. The van der Waals surface area contributed by atoms with Crippen LogP contribution < -0.4 is 16.4 Å². The Labute approximate surface area is 161 Å². The molecule has 3 heterocycles. The summed E-state index contributed by atoms with van der Waals surface area (Å²) < 4.78 is 0. The highest BCUT2D eigenvalue weighted by Crippen LogP contribution is 2.33. The highest BCUT2D eigenvalue weighted by Gasteiger charge is 2.22. The van der Waals surface area contributed by atoms with Crippen molar-refractivity contribution < 1.29 is 4.79 Å². The van der Waals surface area contributed by atoms with E-state index in [9.17, 15) is 4.79 Å². The predicted octanol–water partition coefficient (Wildman–Crippen LogP) is 2.31. The summed E-state index contributed by atoms with van der Waals surface area (Å²) in [6.45, 7) is 3.67. The SMILES string of the molecule is CC(=O)NC1CCN(C)C1.N/C(=C1\NC=Nc2[nH]ccc21)C1CCCCC1. The third-order valence-corrected chi connectivity index (χ3v) is 5.53. The minimum Gasteiger partial charge on any atom is -0.400 e. The Kier molecular flexibility index (Phi) is 6.55. The van der Waals surface area contributed by atoms with Crippen LogP contribution in [0.4, 0.5) is 5.82 Å². The normalized spacial score (nSPS) is 24.4. The van der Waals surface area contributed by atoms with Crippen molar-refractivity contribution in [1.29, 1.82) is 0 Å². The highest BCUT2D eigenvalue weighted by atomic mass is 16.1. The van der Waals surface area contributed by atoms with Gasteiger partial charge in [-0.05, 0) is 38.9 Å². The van der Waals surface area contributed by atoms with Gasteiger partial charge in [-0.3, -0.25) is 4.79 Å². The number of amides is 1. The van der Waals surface area contributed by atoms with Gasteiger partial charge in [-0.25, -0.2) is 4.99 Å². The van der Waals surface area contributed by atoms with Gasteiger partial charge in [-0.2, -0.15) is 0 Å². The Morgan fingerprint density at radius 1 is 1.30 bits per heavy atom. The van der Waals surface area contributed by atoms with Crippen LogP contribution in [0.2, 0.25) is 0 Å². The third kappa shape index (κ3) is 5.13. The Morgan fingerprint density at radius 2 is 2.07 bits per heavy atom. The van der Waals surface area contributed by atoms with Gasteiger partial charge in [0.25, 0.3) is 0 Å². The zero-order chi connectivity index (χ0) is 19.2. The fraction of sp³-hybridized carbons (Fsp3) is 0.600. The van der Waals surface area contributed by atoms with Gasteiger partial charge in [-0.1, -0.05) is 19.3 Å². The summed E-state index contributed by atoms with van der Waals surface area (Å²) in [5.41, 5.74) is 9.47. The number of nitrogens with zero attached hydrogens (tertiary/aromatic N) is 2. The number of H-pyrrole nitrogens is 1. The molecule has 148 valence electrons. The smallest absolute Gasteiger partial charge is 0.217 e. The lowest BCUT2D eigenvalue weighted by Crippen LogP contribution is -2.34. The zero-order valence-electron chi connectivity index (χ0n) is 16.4. The molecule has 27 heavy (non-hydrogen) atoms. The molecular weight excluding hydrogens is 340 g/mol. The number of nitrogens with one attached hydrogen (secondary N) is 3. The molecule has 0 spiro atoms. The van der Waals surface area contributed by atoms with Gasteiger partial charge in [0.15, 0.2) is 0 Å². The molecule has 0 radical (unpaired) electrons. The van der Waals surface area contributed by atoms with Gasteiger partial charge in [0.1, 0.15) is 5.82 Å². The first-order valence-electron chi connectivity index (χ1n) is 9.96. The van der Waals surface area contributed by atoms with Crippen molar-refractivity contribution in [3.05, 3.63) is 23.5 Å². The Bertz CT molecular complexity index is 701. The Hall–Kier alpha value is -2.28. The standard InChI is InChI=1S/C13H18N4.C7H14N2O/c14-11(9-4-2-1-3-5-9)12-10-6-7-15-13(10)17-8-16-12;1-6(10)8-7-3-4-9(2)5-7/h6-9,15H,1-5,14H2,(H,16,17);7H,3-5H2,1-2H3,(H,8,10)/b12-11-;. The van der Waals surface area contributed by atoms with Gasteiger partial charge < -0.3 is 26.3 Å². The molecule has 5 N–H and O–H groups in total. The summed E-state index contributed by atoms with van der Waals surface area (Å²) in [7, 11) is 2.07. The number of aromatic nitrogens is 1. The van der Waals surface area contributed by atoms with Crippen molar-refractivity contribution in [2.45, 2.75) is 51.5 Å². The largest absolute Gasteiger partial charge is 0.400 e. The average Bonchev–Trinajstić information content (AvgIpc) is 3.30. The molecule has 1 aliphatic carbocycles. The summed E-state index contributed by atoms with van der Waals surface area (Å²) in [6, 6.07) is 2.42. The fourth-order valence-corrected chi connectivity index (χ4v) is 4.11. The van der Waals surface area contributed by atoms with E-state index in [4.69, 9.17) is 5.73 Å². The number of carbonyl (C=O) groups excluding carboxylic acids is 1. The molecule has 0 bridgehead atoms. The summed E-state index contributed by atoms with van der Waals surface area (Å²) in [5.74, 6) is 1.51. The van der Waals surface area contributed by atoms with Crippen molar-refractivity contribution in [3.63, 3.8) is 0 Å². The van der Waals surface area contributed by atoms with Gasteiger partial charge >= 0.3 is 0 Å². The van der Waals surface area contributed by atoms with Crippen LogP contribution in [0.5, 0.6) is 0 Å². The maximum absolute atomic E-state index is 10.6. The molecule has 7 heteroatoms. The second-order valence-corrected chi connectivity index (χ2v) is 7.76. The van der Waals surface area contributed by atoms with Gasteiger partial charge in [-0.15, -0.1) is 0 Å². The number of likely N-dealkylation sites (N-methyl/N-ethyl adjacent to an activating group) is 1. The van der Waals surface area contributed by atoms with Crippen LogP contribution in [-0.2, 0) is 4.79 Å². The second kappa shape index (κ2) is 9.08. The highest BCUT2D eigenvalue weighted by molar-refractivity contribution is 5.87. The number of fused-ring (bicyclic) bond motifs is 1. The fourth-order valence-electron chi connectivity index (χ4n) is 4.11. The van der Waals surface area contributed by atoms with Crippen molar-refractivity contribution in [2.24, 2.45) is 16.6 Å². The molecule has 2 fully saturated rings. The van der Waals surface area contributed by atoms with E-state index in [1.807, 2.05) is 12.3 Å². The number of aromatic amines is 1. The van der Waals surface area contributed by atoms with E-state index >= 15 is 0 Å². The maximum Gasteiger partial charge on any atom is 0.217 e. The van der Waals surface area contributed by atoms with E-state index in [0.29, 0.717) is 12.0 Å². The Morgan fingerprint density at radius 3 is 2.74 bits per heavy atom. The van der Waals surface area contributed by atoms with Crippen LogP contribution in [0, 0.1) is 5.92 Å². The van der Waals surface area contributed by atoms with Gasteiger partial charge in [0, 0.05) is 42.9 Å². The molecule has 2 aliphatic heterocycles. The number of hydrogen-bond acceptors (Lipinski definition) is 5. The summed E-state index contributed by atoms with van der Waals surface area (Å²) in [4.78, 5) is 20.2. The number of aliphatic imine (C=N–C) groups is 1. The number of carbonyl (C=O) groups is 1. The molecule has 1 saturated heterocycles. The van der Waals surface area contributed by atoms with Crippen LogP contribution in [0.3, 0.4) is 0 Å². The van der Waals surface area contributed by atoms with E-state index in [1.165, 1.54) is 32.1 Å². The zero-order valence-corrected chi connectivity index (χ0v) is 16.4. The van der Waals surface area contributed by atoms with E-state index < -0.39 is 0 Å². The molecule has 1 saturated carbocycles. The molecule has 1 unspecified atom stereocenters. The monoisotopic (exact) mass is 372 g/mol. The van der Waals surface area contributed by atoms with Crippen molar-refractivity contribution in [1.82, 2.24) is 20.5 Å². The van der Waals surface area contributed by atoms with E-state index in [0.717, 1.165) is 42.3 Å². The first-order valence-corrected chi connectivity index (χ1v) is 9.96. The van der Waals surface area contributed by atoms with Gasteiger partial charge in [0.05, 0.1) is 12.0 Å². The molecule has 3 aliphatic rings. The lowest BCUT2D eigenvalue weighted by molar-refractivity contribution is -0.119. The predicted molar refractivity (Wildman–Crippen MR) is 109 cm³/mol. The van der Waals surface area contributed by atoms with Crippen LogP contribution in [-0.4, -0.2) is 48.3 Å².